The Morgan fingerprint density at radius 3 is 2.09 bits per heavy atom. The first-order valence-corrected chi connectivity index (χ1v) is 11.0. The molecule has 6 nitrogen and oxygen atoms in total. The fourth-order valence-corrected chi connectivity index (χ4v) is 4.13. The van der Waals surface area contributed by atoms with Gasteiger partial charge in [-0.25, -0.2) is 0 Å². The number of fused-ring (bicyclic) bond motifs is 1. The number of carbonyl (C=O) groups is 3. The van der Waals surface area contributed by atoms with Crippen molar-refractivity contribution < 1.29 is 14.4 Å². The smallest absolute Gasteiger partial charge is 0.247 e. The van der Waals surface area contributed by atoms with Gasteiger partial charge in [-0.3, -0.25) is 19.3 Å². The summed E-state index contributed by atoms with van der Waals surface area (Å²) in [5, 5.41) is 0. The standard InChI is InChI=1S/C27H27N3O3/c1-19(2)29(22-15-13-20(3)14-16-22)27(33)18-28-23-11-7-8-12-24(23)30(26(32)17-25(28)31)21-9-5-4-6-10-21/h4-16,19H,17-18H2,1-3H3. The second kappa shape index (κ2) is 9.28. The lowest BCUT2D eigenvalue weighted by atomic mass is 10.1. The predicted molar refractivity (Wildman–Crippen MR) is 131 cm³/mol. The van der Waals surface area contributed by atoms with Crippen molar-refractivity contribution in [3.05, 3.63) is 84.4 Å². The minimum Gasteiger partial charge on any atom is -0.308 e. The lowest BCUT2D eigenvalue weighted by molar-refractivity contribution is -0.127. The minimum absolute atomic E-state index is 0.0972. The molecule has 168 valence electrons. The zero-order valence-electron chi connectivity index (χ0n) is 19.1. The van der Waals surface area contributed by atoms with Crippen molar-refractivity contribution in [1.29, 1.82) is 0 Å². The normalized spacial score (nSPS) is 13.7. The molecule has 0 saturated carbocycles. The van der Waals surface area contributed by atoms with Gasteiger partial charge in [-0.1, -0.05) is 48.0 Å². The van der Waals surface area contributed by atoms with Crippen molar-refractivity contribution in [3.8, 4) is 0 Å². The van der Waals surface area contributed by atoms with Gasteiger partial charge in [0.15, 0.2) is 0 Å². The first-order chi connectivity index (χ1) is 15.9. The molecule has 0 spiro atoms. The number of para-hydroxylation sites is 3. The second-order valence-electron chi connectivity index (χ2n) is 8.40. The first-order valence-electron chi connectivity index (χ1n) is 11.0. The maximum atomic E-state index is 13.5. The Labute approximate surface area is 194 Å². The van der Waals surface area contributed by atoms with Gasteiger partial charge in [0.2, 0.25) is 17.7 Å². The number of carbonyl (C=O) groups excluding carboxylic acids is 3. The molecule has 1 aliphatic heterocycles. The van der Waals surface area contributed by atoms with Crippen LogP contribution in [0.4, 0.5) is 22.7 Å². The number of aryl methyl sites for hydroxylation is 1. The molecule has 0 unspecified atom stereocenters. The molecule has 3 amide bonds. The average molecular weight is 442 g/mol. The van der Waals surface area contributed by atoms with E-state index in [1.54, 1.807) is 21.9 Å². The van der Waals surface area contributed by atoms with Gasteiger partial charge in [0.1, 0.15) is 13.0 Å². The van der Waals surface area contributed by atoms with E-state index in [0.717, 1.165) is 11.3 Å². The van der Waals surface area contributed by atoms with Crippen LogP contribution in [0.15, 0.2) is 78.9 Å². The molecular formula is C27H27N3O3. The fourth-order valence-electron chi connectivity index (χ4n) is 4.13. The molecule has 0 aromatic heterocycles. The van der Waals surface area contributed by atoms with E-state index in [9.17, 15) is 14.4 Å². The molecular weight excluding hydrogens is 414 g/mol. The van der Waals surface area contributed by atoms with Gasteiger partial charge in [-0.05, 0) is 57.2 Å². The topological polar surface area (TPSA) is 60.9 Å². The summed E-state index contributed by atoms with van der Waals surface area (Å²) in [5.74, 6) is -0.933. The highest BCUT2D eigenvalue weighted by Gasteiger charge is 2.34. The Bertz CT molecular complexity index is 1170. The van der Waals surface area contributed by atoms with E-state index >= 15 is 0 Å². The van der Waals surface area contributed by atoms with E-state index in [4.69, 9.17) is 0 Å². The molecule has 33 heavy (non-hydrogen) atoms. The van der Waals surface area contributed by atoms with Crippen molar-refractivity contribution in [1.82, 2.24) is 0 Å². The van der Waals surface area contributed by atoms with Gasteiger partial charge in [0, 0.05) is 17.4 Å². The first kappa shape index (κ1) is 22.3. The molecule has 0 atom stereocenters. The van der Waals surface area contributed by atoms with E-state index in [-0.39, 0.29) is 30.8 Å². The van der Waals surface area contributed by atoms with Gasteiger partial charge in [0.05, 0.1) is 11.4 Å². The van der Waals surface area contributed by atoms with Crippen LogP contribution in [0.2, 0.25) is 0 Å². The molecule has 0 N–H and O–H groups in total. The SMILES string of the molecule is Cc1ccc(N(C(=O)CN2C(=O)CC(=O)N(c3ccccc3)c3ccccc32)C(C)C)cc1. The van der Waals surface area contributed by atoms with Crippen LogP contribution in [0.1, 0.15) is 25.8 Å². The highest BCUT2D eigenvalue weighted by Crippen LogP contribution is 2.37. The molecule has 3 aromatic rings. The summed E-state index contributed by atoms with van der Waals surface area (Å²) >= 11 is 0. The zero-order chi connectivity index (χ0) is 23.5. The number of rotatable bonds is 5. The number of amides is 3. The number of hydrogen-bond donors (Lipinski definition) is 0. The van der Waals surface area contributed by atoms with Crippen LogP contribution in [-0.2, 0) is 14.4 Å². The summed E-state index contributed by atoms with van der Waals surface area (Å²) in [4.78, 5) is 44.4. The monoisotopic (exact) mass is 441 g/mol. The molecule has 6 heteroatoms. The quantitative estimate of drug-likeness (QED) is 0.533. The number of anilines is 4. The number of benzene rings is 3. The lowest BCUT2D eigenvalue weighted by Crippen LogP contribution is -2.46. The maximum absolute atomic E-state index is 13.5. The molecule has 1 heterocycles. The van der Waals surface area contributed by atoms with Crippen LogP contribution in [0.3, 0.4) is 0 Å². The van der Waals surface area contributed by atoms with E-state index in [1.807, 2.05) is 87.5 Å². The summed E-state index contributed by atoms with van der Waals surface area (Å²) in [6.07, 6.45) is -0.316. The third-order valence-corrected chi connectivity index (χ3v) is 5.67. The van der Waals surface area contributed by atoms with Crippen molar-refractivity contribution in [3.63, 3.8) is 0 Å². The number of hydrogen-bond acceptors (Lipinski definition) is 3. The Kier molecular flexibility index (Phi) is 6.27. The third-order valence-electron chi connectivity index (χ3n) is 5.67. The van der Waals surface area contributed by atoms with E-state index in [1.165, 1.54) is 4.90 Å². The molecule has 0 saturated heterocycles. The van der Waals surface area contributed by atoms with Crippen molar-refractivity contribution in [2.75, 3.05) is 21.2 Å². The molecule has 4 rings (SSSR count). The molecule has 0 fully saturated rings. The summed E-state index contributed by atoms with van der Waals surface area (Å²) in [5.41, 5.74) is 3.68. The van der Waals surface area contributed by atoms with Gasteiger partial charge in [-0.15, -0.1) is 0 Å². The van der Waals surface area contributed by atoms with E-state index in [2.05, 4.69) is 0 Å². The molecule has 3 aromatic carbocycles. The predicted octanol–water partition coefficient (Wildman–Crippen LogP) is 4.84. The Morgan fingerprint density at radius 2 is 1.45 bits per heavy atom. The van der Waals surface area contributed by atoms with E-state index < -0.39 is 5.91 Å². The highest BCUT2D eigenvalue weighted by atomic mass is 16.2. The molecule has 0 aliphatic carbocycles. The van der Waals surface area contributed by atoms with Crippen LogP contribution < -0.4 is 14.7 Å². The average Bonchev–Trinajstić information content (AvgIpc) is 2.89. The zero-order valence-corrected chi connectivity index (χ0v) is 19.1. The van der Waals surface area contributed by atoms with Crippen molar-refractivity contribution >= 4 is 40.5 Å². The molecule has 0 bridgehead atoms. The Hall–Kier alpha value is -3.93. The molecule has 1 aliphatic rings. The van der Waals surface area contributed by atoms with Gasteiger partial charge < -0.3 is 9.80 Å². The van der Waals surface area contributed by atoms with Gasteiger partial charge >= 0.3 is 0 Å². The van der Waals surface area contributed by atoms with Crippen LogP contribution in [0, 0.1) is 6.92 Å². The fraction of sp³-hybridized carbons (Fsp3) is 0.222. The largest absolute Gasteiger partial charge is 0.308 e. The Balaban J connectivity index is 1.72. The van der Waals surface area contributed by atoms with Crippen LogP contribution >= 0.6 is 0 Å². The van der Waals surface area contributed by atoms with Gasteiger partial charge in [0.25, 0.3) is 0 Å². The summed E-state index contributed by atoms with van der Waals surface area (Å²) in [7, 11) is 0. The van der Waals surface area contributed by atoms with Crippen molar-refractivity contribution in [2.45, 2.75) is 33.2 Å². The number of nitrogens with zero attached hydrogens (tertiary/aromatic N) is 3. The summed E-state index contributed by atoms with van der Waals surface area (Å²) < 4.78 is 0. The summed E-state index contributed by atoms with van der Waals surface area (Å²) in [6.45, 7) is 5.72. The van der Waals surface area contributed by atoms with Crippen LogP contribution in [0.25, 0.3) is 0 Å². The molecule has 0 radical (unpaired) electrons. The minimum atomic E-state index is -0.396. The van der Waals surface area contributed by atoms with Crippen LogP contribution in [-0.4, -0.2) is 30.3 Å². The van der Waals surface area contributed by atoms with Gasteiger partial charge in [-0.2, -0.15) is 0 Å². The second-order valence-corrected chi connectivity index (χ2v) is 8.40. The lowest BCUT2D eigenvalue weighted by Gasteiger charge is -2.31. The Morgan fingerprint density at radius 1 is 0.848 bits per heavy atom. The highest BCUT2D eigenvalue weighted by molar-refractivity contribution is 6.19. The summed E-state index contributed by atoms with van der Waals surface area (Å²) in [6, 6.07) is 24.1. The third kappa shape index (κ3) is 4.51. The van der Waals surface area contributed by atoms with E-state index in [0.29, 0.717) is 17.1 Å². The van der Waals surface area contributed by atoms with Crippen LogP contribution in [0.5, 0.6) is 0 Å². The van der Waals surface area contributed by atoms with Crippen molar-refractivity contribution in [2.24, 2.45) is 0 Å². The maximum Gasteiger partial charge on any atom is 0.247 e.